The van der Waals surface area contributed by atoms with Crippen molar-refractivity contribution in [3.63, 3.8) is 0 Å². The molecule has 78 valence electrons. The molecule has 1 N–H and O–H groups in total. The second kappa shape index (κ2) is 3.97. The third kappa shape index (κ3) is 1.81. The van der Waals surface area contributed by atoms with Crippen LogP contribution in [0.2, 0.25) is 0 Å². The predicted molar refractivity (Wildman–Crippen MR) is 67.5 cm³/mol. The summed E-state index contributed by atoms with van der Waals surface area (Å²) in [6.07, 6.45) is 0. The number of fused-ring (bicyclic) bond motifs is 1. The van der Waals surface area contributed by atoms with E-state index >= 15 is 0 Å². The van der Waals surface area contributed by atoms with E-state index in [0.29, 0.717) is 5.39 Å². The molecule has 0 spiro atoms. The second-order valence-corrected chi connectivity index (χ2v) is 5.89. The second-order valence-electron chi connectivity index (χ2n) is 2.92. The zero-order valence-corrected chi connectivity index (χ0v) is 10.8. The summed E-state index contributed by atoms with van der Waals surface area (Å²) in [5.41, 5.74) is 0.208. The Hall–Kier alpha value is -0.820. The molecular formula is C10H7IO3S. The van der Waals surface area contributed by atoms with Crippen molar-refractivity contribution < 1.29 is 14.6 Å². The van der Waals surface area contributed by atoms with E-state index in [1.807, 2.05) is 12.1 Å². The van der Waals surface area contributed by atoms with Crippen LogP contribution in [0.5, 0.6) is 5.75 Å². The van der Waals surface area contributed by atoms with Gasteiger partial charge in [0.05, 0.1) is 9.99 Å². The smallest absolute Gasteiger partial charge is 0.341 e. The van der Waals surface area contributed by atoms with E-state index in [0.717, 1.165) is 7.58 Å². The lowest BCUT2D eigenvalue weighted by Gasteiger charge is -2.02. The van der Waals surface area contributed by atoms with Crippen molar-refractivity contribution in [1.82, 2.24) is 0 Å². The molecule has 2 aromatic rings. The van der Waals surface area contributed by atoms with E-state index in [1.165, 1.54) is 7.11 Å². The Morgan fingerprint density at radius 2 is 2.27 bits per heavy atom. The molecule has 0 saturated carbocycles. The number of halogens is 1. The fraction of sp³-hybridized carbons (Fsp3) is 0.100. The van der Waals surface area contributed by atoms with E-state index in [4.69, 9.17) is 0 Å². The van der Waals surface area contributed by atoms with Gasteiger partial charge in [0.25, 0.3) is 0 Å². The molecule has 0 radical (unpaired) electrons. The summed E-state index contributed by atoms with van der Waals surface area (Å²) in [4.78, 5) is 11.3. The summed E-state index contributed by atoms with van der Waals surface area (Å²) >= 11 is 3.75. The fourth-order valence-corrected chi connectivity index (χ4v) is 3.15. The maximum absolute atomic E-state index is 11.3. The van der Waals surface area contributed by atoms with Crippen LogP contribution in [0.3, 0.4) is 0 Å². The highest BCUT2D eigenvalue weighted by molar-refractivity contribution is 14.1. The number of esters is 1. The molecule has 0 unspecified atom stereocenters. The molecule has 0 bridgehead atoms. The maximum atomic E-state index is 11.3. The standard InChI is InChI=1S/C10H7IO3S/c1-14-10(13)5-2-3-7-6(9(5)12)4-8(11)15-7/h2-4,12H,1H3. The van der Waals surface area contributed by atoms with Gasteiger partial charge in [-0.1, -0.05) is 0 Å². The summed E-state index contributed by atoms with van der Waals surface area (Å²) < 4.78 is 6.61. The lowest BCUT2D eigenvalue weighted by atomic mass is 10.1. The molecule has 0 amide bonds. The molecule has 0 atom stereocenters. The zero-order valence-electron chi connectivity index (χ0n) is 7.78. The summed E-state index contributed by atoms with van der Waals surface area (Å²) in [6.45, 7) is 0. The molecule has 0 aliphatic rings. The Kier molecular flexibility index (Phi) is 2.83. The molecule has 15 heavy (non-hydrogen) atoms. The molecule has 2 rings (SSSR count). The van der Waals surface area contributed by atoms with Crippen LogP contribution in [0.4, 0.5) is 0 Å². The number of phenolic OH excluding ortho intramolecular Hbond substituents is 1. The average Bonchev–Trinajstić information content (AvgIpc) is 2.59. The molecule has 5 heteroatoms. The lowest BCUT2D eigenvalue weighted by Crippen LogP contribution is -2.00. The molecule has 0 saturated heterocycles. The Bertz CT molecular complexity index is 533. The van der Waals surface area contributed by atoms with Crippen LogP contribution >= 0.6 is 33.9 Å². The van der Waals surface area contributed by atoms with Gasteiger partial charge in [-0.15, -0.1) is 11.3 Å². The van der Waals surface area contributed by atoms with Gasteiger partial charge in [0.2, 0.25) is 0 Å². The number of thiophene rings is 1. The minimum absolute atomic E-state index is 0.00137. The first-order chi connectivity index (χ1) is 7.13. The molecule has 0 fully saturated rings. The summed E-state index contributed by atoms with van der Waals surface area (Å²) in [5.74, 6) is -0.519. The monoisotopic (exact) mass is 334 g/mol. The van der Waals surface area contributed by atoms with E-state index in [2.05, 4.69) is 27.3 Å². The van der Waals surface area contributed by atoms with Crippen molar-refractivity contribution >= 4 is 50.0 Å². The van der Waals surface area contributed by atoms with Crippen LogP contribution in [0, 0.1) is 2.88 Å². The normalized spacial score (nSPS) is 10.5. The molecular weight excluding hydrogens is 327 g/mol. The van der Waals surface area contributed by atoms with Crippen LogP contribution in [0.25, 0.3) is 10.1 Å². The highest BCUT2D eigenvalue weighted by atomic mass is 127. The van der Waals surface area contributed by atoms with Crippen molar-refractivity contribution in [3.8, 4) is 5.75 Å². The van der Waals surface area contributed by atoms with Crippen molar-refractivity contribution in [2.75, 3.05) is 7.11 Å². The van der Waals surface area contributed by atoms with Gasteiger partial charge in [0.15, 0.2) is 0 Å². The third-order valence-electron chi connectivity index (χ3n) is 2.05. The largest absolute Gasteiger partial charge is 0.506 e. The van der Waals surface area contributed by atoms with Crippen molar-refractivity contribution in [3.05, 3.63) is 26.6 Å². The number of methoxy groups -OCH3 is 1. The number of rotatable bonds is 1. The Labute approximate surface area is 104 Å². The summed E-state index contributed by atoms with van der Waals surface area (Å²) in [6, 6.07) is 5.24. The predicted octanol–water partition coefficient (Wildman–Crippen LogP) is 3.00. The van der Waals surface area contributed by atoms with Crippen LogP contribution in [0.15, 0.2) is 18.2 Å². The number of ether oxygens (including phenoxy) is 1. The number of phenols is 1. The first kappa shape index (κ1) is 10.7. The van der Waals surface area contributed by atoms with Crippen molar-refractivity contribution in [2.24, 2.45) is 0 Å². The number of benzene rings is 1. The maximum Gasteiger partial charge on any atom is 0.341 e. The van der Waals surface area contributed by atoms with Gasteiger partial charge < -0.3 is 9.84 Å². The average molecular weight is 334 g/mol. The van der Waals surface area contributed by atoms with Crippen LogP contribution in [-0.2, 0) is 4.74 Å². The van der Waals surface area contributed by atoms with E-state index in [9.17, 15) is 9.90 Å². The van der Waals surface area contributed by atoms with Gasteiger partial charge in [-0.05, 0) is 40.8 Å². The minimum atomic E-state index is -0.518. The highest BCUT2D eigenvalue weighted by Crippen LogP contribution is 2.35. The Balaban J connectivity index is 2.69. The van der Waals surface area contributed by atoms with Gasteiger partial charge in [-0.25, -0.2) is 4.79 Å². The van der Waals surface area contributed by atoms with E-state index in [-0.39, 0.29) is 11.3 Å². The van der Waals surface area contributed by atoms with Crippen LogP contribution < -0.4 is 0 Å². The van der Waals surface area contributed by atoms with E-state index < -0.39 is 5.97 Å². The lowest BCUT2D eigenvalue weighted by molar-refractivity contribution is 0.0598. The third-order valence-corrected chi connectivity index (χ3v) is 3.91. The molecule has 1 aromatic carbocycles. The van der Waals surface area contributed by atoms with Gasteiger partial charge in [-0.3, -0.25) is 0 Å². The molecule has 0 aliphatic carbocycles. The number of aromatic hydroxyl groups is 1. The van der Waals surface area contributed by atoms with Crippen LogP contribution in [-0.4, -0.2) is 18.2 Å². The SMILES string of the molecule is COC(=O)c1ccc2sc(I)cc2c1O. The fourth-order valence-electron chi connectivity index (χ4n) is 1.34. The number of carbonyl (C=O) groups excluding carboxylic acids is 1. The first-order valence-corrected chi connectivity index (χ1v) is 6.02. The van der Waals surface area contributed by atoms with Crippen molar-refractivity contribution in [1.29, 1.82) is 0 Å². The Morgan fingerprint density at radius 1 is 1.53 bits per heavy atom. The number of hydrogen-bond acceptors (Lipinski definition) is 4. The van der Waals surface area contributed by atoms with Crippen LogP contribution in [0.1, 0.15) is 10.4 Å². The summed E-state index contributed by atoms with van der Waals surface area (Å²) in [5, 5.41) is 10.6. The topological polar surface area (TPSA) is 46.5 Å². The quantitative estimate of drug-likeness (QED) is 0.644. The zero-order chi connectivity index (χ0) is 11.0. The molecule has 3 nitrogen and oxygen atoms in total. The summed E-state index contributed by atoms with van der Waals surface area (Å²) in [7, 11) is 1.29. The first-order valence-electron chi connectivity index (χ1n) is 4.13. The van der Waals surface area contributed by atoms with Gasteiger partial charge in [0, 0.05) is 10.1 Å². The molecule has 1 heterocycles. The highest BCUT2D eigenvalue weighted by Gasteiger charge is 2.15. The van der Waals surface area contributed by atoms with Crippen molar-refractivity contribution in [2.45, 2.75) is 0 Å². The van der Waals surface area contributed by atoms with Gasteiger partial charge in [0.1, 0.15) is 11.3 Å². The van der Waals surface area contributed by atoms with Gasteiger partial charge in [-0.2, -0.15) is 0 Å². The van der Waals surface area contributed by atoms with E-state index in [1.54, 1.807) is 17.4 Å². The minimum Gasteiger partial charge on any atom is -0.506 e. The molecule has 1 aromatic heterocycles. The van der Waals surface area contributed by atoms with Gasteiger partial charge >= 0.3 is 5.97 Å². The number of hydrogen-bond donors (Lipinski definition) is 1. The molecule has 0 aliphatic heterocycles. The number of carbonyl (C=O) groups is 1. The Morgan fingerprint density at radius 3 is 2.93 bits per heavy atom.